The smallest absolute Gasteiger partial charge is 0.332 e. The maximum atomic E-state index is 11.9. The predicted molar refractivity (Wildman–Crippen MR) is 160 cm³/mol. The minimum atomic E-state index is -3.38. The number of benzene rings is 1. The molecular weight excluding hydrogens is 562 g/mol. The molecule has 0 aliphatic heterocycles. The zero-order valence-corrected chi connectivity index (χ0v) is 25.1. The van der Waals surface area contributed by atoms with E-state index in [-0.39, 0.29) is 30.9 Å². The number of hydrogen-bond donors (Lipinski definition) is 2. The number of nitrogens with zero attached hydrogens (tertiary/aromatic N) is 5. The highest BCUT2D eigenvalue weighted by atomic mass is 32.2. The molecule has 0 aliphatic carbocycles. The number of carbonyl (C=O) groups excluding carboxylic acids is 1. The number of hydrogen-bond acceptors (Lipinski definition) is 10. The average molecular weight is 600 g/mol. The minimum Gasteiger partial charge on any atom is -0.464 e. The summed E-state index contributed by atoms with van der Waals surface area (Å²) in [6, 6.07) is 6.97. The Kier molecular flexibility index (Phi) is 10.1. The number of fused-ring (bicyclic) bond motifs is 1. The van der Waals surface area contributed by atoms with Gasteiger partial charge in [0.2, 0.25) is 10.0 Å². The molecule has 0 amide bonds. The Balaban J connectivity index is 1.39. The van der Waals surface area contributed by atoms with E-state index in [1.807, 2.05) is 27.1 Å². The maximum Gasteiger partial charge on any atom is 0.332 e. The maximum absolute atomic E-state index is 11.9. The molecule has 0 fully saturated rings. The van der Waals surface area contributed by atoms with E-state index in [1.54, 1.807) is 52.9 Å². The van der Waals surface area contributed by atoms with Crippen LogP contribution in [0.1, 0.15) is 20.8 Å². The van der Waals surface area contributed by atoms with E-state index in [1.165, 1.54) is 0 Å². The number of aromatic nitrogens is 5. The van der Waals surface area contributed by atoms with E-state index in [4.69, 9.17) is 25.0 Å². The Bertz CT molecular complexity index is 1610. The van der Waals surface area contributed by atoms with Crippen LogP contribution in [-0.4, -0.2) is 77.7 Å². The third-order valence-electron chi connectivity index (χ3n) is 6.28. The number of nitrogen functional groups attached to an aromatic ring is 1. The molecule has 0 spiro atoms. The molecule has 0 unspecified atom stereocenters. The lowest BCUT2D eigenvalue weighted by Gasteiger charge is -2.08. The molecule has 1 aromatic carbocycles. The van der Waals surface area contributed by atoms with Crippen molar-refractivity contribution < 1.29 is 27.4 Å². The van der Waals surface area contributed by atoms with Crippen LogP contribution in [0.5, 0.6) is 0 Å². The van der Waals surface area contributed by atoms with Crippen molar-refractivity contribution in [2.75, 3.05) is 49.2 Å². The fourth-order valence-electron chi connectivity index (χ4n) is 4.16. The van der Waals surface area contributed by atoms with Crippen LogP contribution in [-0.2, 0) is 42.6 Å². The van der Waals surface area contributed by atoms with E-state index in [0.717, 1.165) is 22.2 Å². The summed E-state index contributed by atoms with van der Waals surface area (Å²) in [6.07, 6.45) is 5.35. The normalized spacial score (nSPS) is 11.8. The van der Waals surface area contributed by atoms with E-state index < -0.39 is 10.0 Å². The summed E-state index contributed by atoms with van der Waals surface area (Å²) in [5, 5.41) is 9.87. The van der Waals surface area contributed by atoms with E-state index in [2.05, 4.69) is 14.8 Å². The lowest BCUT2D eigenvalue weighted by atomic mass is 10.0. The summed E-state index contributed by atoms with van der Waals surface area (Å²) in [7, 11) is -1.54. The molecule has 3 N–H and O–H groups in total. The highest BCUT2D eigenvalue weighted by molar-refractivity contribution is 7.92. The van der Waals surface area contributed by atoms with Crippen LogP contribution in [0, 0.1) is 5.92 Å². The zero-order valence-electron chi connectivity index (χ0n) is 24.2. The van der Waals surface area contributed by atoms with Crippen LogP contribution in [0.25, 0.3) is 33.3 Å². The van der Waals surface area contributed by atoms with Crippen LogP contribution in [0.4, 0.5) is 11.5 Å². The topological polar surface area (TPSA) is 165 Å². The predicted octanol–water partition coefficient (Wildman–Crippen LogP) is 3.08. The first-order chi connectivity index (χ1) is 20.1. The molecule has 13 nitrogen and oxygen atoms in total. The molecule has 0 bridgehead atoms. The van der Waals surface area contributed by atoms with Gasteiger partial charge in [-0.2, -0.15) is 10.2 Å². The second kappa shape index (κ2) is 13.8. The average Bonchev–Trinajstić information content (AvgIpc) is 3.57. The van der Waals surface area contributed by atoms with Crippen molar-refractivity contribution in [2.45, 2.75) is 27.3 Å². The molecular formula is C28H37N7O6S. The number of sulfonamides is 1. The number of carbonyl (C=O) groups is 1. The summed E-state index contributed by atoms with van der Waals surface area (Å²) in [5.41, 5.74) is 10.7. The number of rotatable bonds is 15. The summed E-state index contributed by atoms with van der Waals surface area (Å²) in [4.78, 5) is 16.0. The third-order valence-corrected chi connectivity index (χ3v) is 7.59. The lowest BCUT2D eigenvalue weighted by molar-refractivity contribution is -0.150. The molecule has 226 valence electrons. The van der Waals surface area contributed by atoms with Crippen LogP contribution < -0.4 is 10.5 Å². The standard InChI is InChI=1S/C28H37N7O6S/c1-5-42(37,38)33-22-8-6-20(7-9-22)26-25-27(34(4)32-26)23(15-30-28(25)29)21-14-31-35(16-21)10-11-39-12-13-40-18-24(36)41-17-19(2)3/h6-9,14-16,19,33H,5,10-13,17-18H2,1-4H3,(H2,29,30). The van der Waals surface area contributed by atoms with Gasteiger partial charge in [-0.1, -0.05) is 26.0 Å². The quantitative estimate of drug-likeness (QED) is 0.153. The van der Waals surface area contributed by atoms with Gasteiger partial charge in [0, 0.05) is 41.8 Å². The van der Waals surface area contributed by atoms with Gasteiger partial charge < -0.3 is 19.9 Å². The lowest BCUT2D eigenvalue weighted by Crippen LogP contribution is -2.17. The van der Waals surface area contributed by atoms with E-state index in [0.29, 0.717) is 49.0 Å². The molecule has 4 rings (SSSR count). The number of nitrogens with two attached hydrogens (primary N) is 1. The van der Waals surface area contributed by atoms with Crippen molar-refractivity contribution >= 4 is 38.4 Å². The van der Waals surface area contributed by atoms with Crippen LogP contribution >= 0.6 is 0 Å². The van der Waals surface area contributed by atoms with Crippen molar-refractivity contribution in [1.29, 1.82) is 0 Å². The number of esters is 1. The van der Waals surface area contributed by atoms with Gasteiger partial charge in [0.25, 0.3) is 0 Å². The van der Waals surface area contributed by atoms with Crippen LogP contribution in [0.3, 0.4) is 0 Å². The molecule has 0 aliphatic rings. The Labute approximate surface area is 245 Å². The monoisotopic (exact) mass is 599 g/mol. The fraction of sp³-hybridized carbons (Fsp3) is 0.429. The first kappa shape index (κ1) is 30.9. The van der Waals surface area contributed by atoms with Crippen molar-refractivity contribution in [3.8, 4) is 22.4 Å². The Morgan fingerprint density at radius 2 is 1.81 bits per heavy atom. The largest absolute Gasteiger partial charge is 0.464 e. The highest BCUT2D eigenvalue weighted by Gasteiger charge is 2.20. The SMILES string of the molecule is CCS(=O)(=O)Nc1ccc(-c2nn(C)c3c(-c4cnn(CCOCCOCC(=O)OCC(C)C)c4)cnc(N)c23)cc1. The fourth-order valence-corrected chi connectivity index (χ4v) is 4.80. The molecule has 3 aromatic heterocycles. The summed E-state index contributed by atoms with van der Waals surface area (Å²) in [6.45, 7) is 7.38. The van der Waals surface area contributed by atoms with Gasteiger partial charge in [0.05, 0.1) is 55.8 Å². The second-order valence-corrected chi connectivity index (χ2v) is 12.1. The molecule has 0 atom stereocenters. The van der Waals surface area contributed by atoms with Crippen LogP contribution in [0.2, 0.25) is 0 Å². The van der Waals surface area contributed by atoms with Gasteiger partial charge in [0.1, 0.15) is 18.1 Å². The molecule has 0 radical (unpaired) electrons. The van der Waals surface area contributed by atoms with Crippen molar-refractivity contribution in [3.63, 3.8) is 0 Å². The van der Waals surface area contributed by atoms with E-state index >= 15 is 0 Å². The summed E-state index contributed by atoms with van der Waals surface area (Å²) in [5.74, 6) is 0.228. The number of ether oxygens (including phenoxy) is 3. The van der Waals surface area contributed by atoms with Gasteiger partial charge in [-0.3, -0.25) is 14.1 Å². The van der Waals surface area contributed by atoms with Gasteiger partial charge in [-0.05, 0) is 25.0 Å². The molecule has 0 saturated heterocycles. The van der Waals surface area contributed by atoms with Gasteiger partial charge >= 0.3 is 5.97 Å². The first-order valence-electron chi connectivity index (χ1n) is 13.6. The molecule has 42 heavy (non-hydrogen) atoms. The van der Waals surface area contributed by atoms with Crippen molar-refractivity contribution in [1.82, 2.24) is 24.5 Å². The van der Waals surface area contributed by atoms with Crippen LogP contribution in [0.15, 0.2) is 42.9 Å². The Hall–Kier alpha value is -4.01. The van der Waals surface area contributed by atoms with Gasteiger partial charge in [-0.25, -0.2) is 18.2 Å². The Morgan fingerprint density at radius 3 is 2.52 bits per heavy atom. The van der Waals surface area contributed by atoms with Crippen molar-refractivity contribution in [3.05, 3.63) is 42.9 Å². The number of pyridine rings is 1. The van der Waals surface area contributed by atoms with Crippen molar-refractivity contribution in [2.24, 2.45) is 13.0 Å². The second-order valence-electron chi connectivity index (χ2n) is 10.1. The molecule has 4 aromatic rings. The summed E-state index contributed by atoms with van der Waals surface area (Å²) >= 11 is 0. The number of nitrogens with one attached hydrogen (secondary N) is 1. The zero-order chi connectivity index (χ0) is 30.3. The van der Waals surface area contributed by atoms with E-state index in [9.17, 15) is 13.2 Å². The molecule has 14 heteroatoms. The van der Waals surface area contributed by atoms with Gasteiger partial charge in [0.15, 0.2) is 0 Å². The first-order valence-corrected chi connectivity index (χ1v) is 15.3. The highest BCUT2D eigenvalue weighted by Crippen LogP contribution is 2.36. The summed E-state index contributed by atoms with van der Waals surface area (Å²) < 4.78 is 45.8. The molecule has 3 heterocycles. The third kappa shape index (κ3) is 7.84. The Morgan fingerprint density at radius 1 is 1.07 bits per heavy atom. The minimum absolute atomic E-state index is 0.0126. The number of anilines is 2. The number of aryl methyl sites for hydroxylation is 1. The van der Waals surface area contributed by atoms with Gasteiger partial charge in [-0.15, -0.1) is 0 Å². The molecule has 0 saturated carbocycles.